The van der Waals surface area contributed by atoms with Crippen molar-refractivity contribution >= 4 is 37.1 Å². The first-order valence-electron chi connectivity index (χ1n) is 11.9. The molecule has 0 atom stereocenters. The largest absolute Gasteiger partial charge is 0.495 e. The minimum absolute atomic E-state index is 0.412. The van der Waals surface area contributed by atoms with Crippen molar-refractivity contribution in [1.29, 1.82) is 0 Å². The van der Waals surface area contributed by atoms with Crippen LogP contribution < -0.4 is 11.2 Å². The smallest absolute Gasteiger partial charge is 0.399 e. The van der Waals surface area contributed by atoms with Gasteiger partial charge >= 0.3 is 7.12 Å². The molecule has 1 fully saturated rings. The van der Waals surface area contributed by atoms with Crippen LogP contribution in [-0.4, -0.2) is 26.4 Å². The third-order valence-electron chi connectivity index (χ3n) is 7.82. The van der Waals surface area contributed by atoms with Crippen LogP contribution in [0.5, 0.6) is 0 Å². The summed E-state index contributed by atoms with van der Waals surface area (Å²) in [4.78, 5) is 0. The van der Waals surface area contributed by atoms with Gasteiger partial charge in [0.05, 0.1) is 11.2 Å². The lowest BCUT2D eigenvalue weighted by molar-refractivity contribution is 0.00578. The van der Waals surface area contributed by atoms with Crippen LogP contribution >= 0.6 is 0 Å². The van der Waals surface area contributed by atoms with Crippen molar-refractivity contribution in [2.45, 2.75) is 97.1 Å². The SMILES string of the molecule is CC(C)[Si](C#Cc1cccc2cc(N)cc(B3OC(C)(C)C(C)(C)O3)c12)(C(C)C)C(C)C. The second-order valence-electron chi connectivity index (χ2n) is 11.2. The first-order chi connectivity index (χ1) is 14.7. The van der Waals surface area contributed by atoms with Gasteiger partial charge in [-0.2, -0.15) is 0 Å². The van der Waals surface area contributed by atoms with Gasteiger partial charge in [0.1, 0.15) is 8.07 Å². The number of rotatable bonds is 4. The van der Waals surface area contributed by atoms with Gasteiger partial charge in [-0.3, -0.25) is 0 Å². The highest BCUT2D eigenvalue weighted by Gasteiger charge is 2.52. The topological polar surface area (TPSA) is 44.5 Å². The van der Waals surface area contributed by atoms with Gasteiger partial charge in [0.15, 0.2) is 0 Å². The summed E-state index contributed by atoms with van der Waals surface area (Å²) in [6, 6.07) is 10.3. The van der Waals surface area contributed by atoms with E-state index in [1.807, 2.05) is 12.1 Å². The van der Waals surface area contributed by atoms with Crippen LogP contribution in [0.25, 0.3) is 10.8 Å². The predicted octanol–water partition coefficient (Wildman–Crippen LogP) is 6.29. The van der Waals surface area contributed by atoms with E-state index in [-0.39, 0.29) is 0 Å². The Morgan fingerprint density at radius 1 is 0.875 bits per heavy atom. The molecule has 3 nitrogen and oxygen atoms in total. The Hall–Kier alpha value is -1.74. The van der Waals surface area contributed by atoms with E-state index in [1.165, 1.54) is 0 Å². The van der Waals surface area contributed by atoms with Crippen molar-refractivity contribution in [2.75, 3.05) is 5.73 Å². The Labute approximate surface area is 196 Å². The molecule has 0 aliphatic carbocycles. The van der Waals surface area contributed by atoms with Crippen LogP contribution in [0.2, 0.25) is 16.6 Å². The van der Waals surface area contributed by atoms with Crippen LogP contribution in [0.3, 0.4) is 0 Å². The maximum absolute atomic E-state index is 6.41. The fraction of sp³-hybridized carbons (Fsp3) is 0.556. The Morgan fingerprint density at radius 3 is 1.91 bits per heavy atom. The highest BCUT2D eigenvalue weighted by molar-refractivity contribution is 6.90. The average molecular weight is 450 g/mol. The molecule has 0 amide bonds. The van der Waals surface area contributed by atoms with Crippen LogP contribution in [-0.2, 0) is 9.31 Å². The molecule has 0 bridgehead atoms. The average Bonchev–Trinajstić information content (AvgIpc) is 2.87. The van der Waals surface area contributed by atoms with E-state index >= 15 is 0 Å². The Morgan fingerprint density at radius 2 is 1.41 bits per heavy atom. The van der Waals surface area contributed by atoms with E-state index in [9.17, 15) is 0 Å². The molecule has 0 aromatic heterocycles. The second kappa shape index (κ2) is 8.56. The van der Waals surface area contributed by atoms with Crippen LogP contribution in [0.15, 0.2) is 30.3 Å². The minimum atomic E-state index is -1.85. The van der Waals surface area contributed by atoms with E-state index in [4.69, 9.17) is 15.0 Å². The molecule has 172 valence electrons. The molecule has 1 aliphatic heterocycles. The molecular weight excluding hydrogens is 409 g/mol. The molecule has 32 heavy (non-hydrogen) atoms. The molecule has 0 saturated carbocycles. The van der Waals surface area contributed by atoms with E-state index in [2.05, 4.69) is 98.9 Å². The number of hydrogen-bond acceptors (Lipinski definition) is 3. The molecule has 1 saturated heterocycles. The zero-order valence-electron chi connectivity index (χ0n) is 21.6. The molecule has 0 radical (unpaired) electrons. The maximum Gasteiger partial charge on any atom is 0.495 e. The maximum atomic E-state index is 6.41. The number of benzene rings is 2. The van der Waals surface area contributed by atoms with E-state index < -0.39 is 26.4 Å². The molecule has 0 unspecified atom stereocenters. The molecule has 5 heteroatoms. The van der Waals surface area contributed by atoms with Gasteiger partial charge < -0.3 is 15.0 Å². The zero-order valence-corrected chi connectivity index (χ0v) is 22.6. The van der Waals surface area contributed by atoms with Gasteiger partial charge in [-0.15, -0.1) is 5.54 Å². The molecule has 2 aromatic carbocycles. The number of hydrogen-bond donors (Lipinski definition) is 1. The van der Waals surface area contributed by atoms with Gasteiger partial charge in [0.25, 0.3) is 0 Å². The molecule has 3 rings (SSSR count). The van der Waals surface area contributed by atoms with Gasteiger partial charge in [-0.25, -0.2) is 0 Å². The predicted molar refractivity (Wildman–Crippen MR) is 142 cm³/mol. The minimum Gasteiger partial charge on any atom is -0.399 e. The Balaban J connectivity index is 2.23. The normalized spacial score (nSPS) is 18.0. The quantitative estimate of drug-likeness (QED) is 0.339. The van der Waals surface area contributed by atoms with E-state index in [1.54, 1.807) is 0 Å². The first-order valence-corrected chi connectivity index (χ1v) is 14.2. The van der Waals surface area contributed by atoms with E-state index in [0.29, 0.717) is 22.3 Å². The fourth-order valence-electron chi connectivity index (χ4n) is 5.35. The highest BCUT2D eigenvalue weighted by atomic mass is 28.3. The summed E-state index contributed by atoms with van der Waals surface area (Å²) in [6.45, 7) is 22.4. The summed E-state index contributed by atoms with van der Waals surface area (Å²) in [7, 11) is -2.33. The molecule has 2 N–H and O–H groups in total. The van der Waals surface area contributed by atoms with Crippen molar-refractivity contribution in [2.24, 2.45) is 0 Å². The van der Waals surface area contributed by atoms with Crippen molar-refractivity contribution in [3.8, 4) is 11.5 Å². The third kappa shape index (κ3) is 4.14. The first kappa shape index (κ1) is 24.9. The Bertz CT molecular complexity index is 1020. The number of nitrogen functional groups attached to an aromatic ring is 1. The lowest BCUT2D eigenvalue weighted by Crippen LogP contribution is -2.43. The third-order valence-corrected chi connectivity index (χ3v) is 14.1. The standard InChI is InChI=1S/C27H40BNO2Si/c1-18(2)32(19(3)4,20(5)6)15-14-21-12-11-13-22-16-23(29)17-24(25(21)22)28-30-26(7,8)27(9,10)31-28/h11-13,16-20H,29H2,1-10H3. The lowest BCUT2D eigenvalue weighted by Gasteiger charge is -2.38. The van der Waals surface area contributed by atoms with Crippen LogP contribution in [0.4, 0.5) is 5.69 Å². The number of nitrogens with two attached hydrogens (primary N) is 1. The van der Waals surface area contributed by atoms with Crippen LogP contribution in [0.1, 0.15) is 74.8 Å². The van der Waals surface area contributed by atoms with Crippen molar-refractivity contribution < 1.29 is 9.31 Å². The van der Waals surface area contributed by atoms with Gasteiger partial charge in [-0.1, -0.05) is 59.6 Å². The van der Waals surface area contributed by atoms with Crippen LogP contribution in [0, 0.1) is 11.5 Å². The molecule has 2 aromatic rings. The van der Waals surface area contributed by atoms with E-state index in [0.717, 1.165) is 21.8 Å². The van der Waals surface area contributed by atoms with Gasteiger partial charge in [0.2, 0.25) is 0 Å². The highest BCUT2D eigenvalue weighted by Crippen LogP contribution is 2.41. The summed E-state index contributed by atoms with van der Waals surface area (Å²) < 4.78 is 12.8. The summed E-state index contributed by atoms with van der Waals surface area (Å²) in [5, 5.41) is 2.17. The second-order valence-corrected chi connectivity index (χ2v) is 16.8. The number of anilines is 1. The van der Waals surface area contributed by atoms with Crippen molar-refractivity contribution in [1.82, 2.24) is 0 Å². The summed E-state index contributed by atoms with van der Waals surface area (Å²) in [5.41, 5.74) is 13.8. The number of fused-ring (bicyclic) bond motifs is 1. The Kier molecular flexibility index (Phi) is 6.66. The monoisotopic (exact) mass is 449 g/mol. The summed E-state index contributed by atoms with van der Waals surface area (Å²) in [5.74, 6) is 3.66. The van der Waals surface area contributed by atoms with Crippen molar-refractivity contribution in [3.63, 3.8) is 0 Å². The summed E-state index contributed by atoms with van der Waals surface area (Å²) >= 11 is 0. The summed E-state index contributed by atoms with van der Waals surface area (Å²) in [6.07, 6.45) is 0. The fourth-order valence-corrected chi connectivity index (χ4v) is 10.6. The molecular formula is C27H40BNO2Si. The molecule has 1 heterocycles. The van der Waals surface area contributed by atoms with Gasteiger partial charge in [0, 0.05) is 11.3 Å². The lowest BCUT2D eigenvalue weighted by atomic mass is 9.74. The van der Waals surface area contributed by atoms with Crippen molar-refractivity contribution in [3.05, 3.63) is 35.9 Å². The molecule has 0 spiro atoms. The van der Waals surface area contributed by atoms with Gasteiger partial charge in [-0.05, 0) is 78.8 Å². The zero-order chi connectivity index (χ0) is 24.1. The molecule has 1 aliphatic rings.